The number of ether oxygens (including phenoxy) is 2. The topological polar surface area (TPSA) is 54.0 Å². The maximum atomic E-state index is 12.8. The summed E-state index contributed by atoms with van der Waals surface area (Å²) in [6.45, 7) is 6.30. The van der Waals surface area contributed by atoms with E-state index in [-0.39, 0.29) is 11.9 Å². The summed E-state index contributed by atoms with van der Waals surface area (Å²) < 4.78 is 11.8. The molecular weight excluding hydrogens is 402 g/mol. The molecule has 0 saturated carbocycles. The van der Waals surface area contributed by atoms with Gasteiger partial charge in [0.15, 0.2) is 0 Å². The Balaban J connectivity index is 1.33. The maximum Gasteiger partial charge on any atom is 0.227 e. The third-order valence-corrected chi connectivity index (χ3v) is 7.33. The molecule has 3 fully saturated rings. The minimum Gasteiger partial charge on any atom is -0.494 e. The normalized spacial score (nSPS) is 25.0. The van der Waals surface area contributed by atoms with Crippen molar-refractivity contribution in [3.8, 4) is 11.5 Å². The number of benzene rings is 1. The molecule has 1 amide bonds. The van der Waals surface area contributed by atoms with Crippen LogP contribution < -0.4 is 19.7 Å². The molecule has 1 aromatic carbocycles. The van der Waals surface area contributed by atoms with Crippen LogP contribution in [-0.2, 0) is 4.79 Å². The third kappa shape index (κ3) is 6.16. The minimum atomic E-state index is 0.205. The lowest BCUT2D eigenvalue weighted by Gasteiger charge is -2.33. The quantitative estimate of drug-likeness (QED) is 0.579. The number of rotatable bonds is 9. The van der Waals surface area contributed by atoms with Crippen molar-refractivity contribution in [2.75, 3.05) is 51.3 Å². The van der Waals surface area contributed by atoms with Crippen molar-refractivity contribution >= 4 is 11.6 Å². The molecule has 6 nitrogen and oxygen atoms in total. The van der Waals surface area contributed by atoms with Crippen LogP contribution in [-0.4, -0.2) is 63.3 Å². The molecule has 0 radical (unpaired) electrons. The molecule has 0 bridgehead atoms. The number of nitrogens with one attached hydrogen (secondary N) is 1. The zero-order valence-corrected chi connectivity index (χ0v) is 19.8. The number of carbonyl (C=O) groups excluding carboxylic acids is 1. The van der Waals surface area contributed by atoms with E-state index in [1.54, 1.807) is 7.11 Å². The first-order valence-electron chi connectivity index (χ1n) is 12.8. The second-order valence-electron chi connectivity index (χ2n) is 9.71. The molecule has 4 rings (SSSR count). The van der Waals surface area contributed by atoms with E-state index in [1.165, 1.54) is 44.9 Å². The summed E-state index contributed by atoms with van der Waals surface area (Å²) in [5, 5.41) is 3.54. The zero-order valence-electron chi connectivity index (χ0n) is 19.8. The van der Waals surface area contributed by atoms with Gasteiger partial charge in [0.1, 0.15) is 11.5 Å². The average Bonchev–Trinajstić information content (AvgIpc) is 3.01. The van der Waals surface area contributed by atoms with E-state index in [4.69, 9.17) is 9.47 Å². The lowest BCUT2D eigenvalue weighted by Crippen LogP contribution is -2.43. The van der Waals surface area contributed by atoms with Crippen molar-refractivity contribution in [2.24, 2.45) is 5.92 Å². The van der Waals surface area contributed by atoms with Crippen molar-refractivity contribution in [1.29, 1.82) is 0 Å². The molecule has 0 spiro atoms. The van der Waals surface area contributed by atoms with Crippen LogP contribution in [0.1, 0.15) is 64.2 Å². The zero-order chi connectivity index (χ0) is 22.2. The van der Waals surface area contributed by atoms with Crippen LogP contribution in [0.15, 0.2) is 18.2 Å². The molecule has 3 saturated heterocycles. The van der Waals surface area contributed by atoms with E-state index in [9.17, 15) is 4.79 Å². The van der Waals surface area contributed by atoms with Crippen LogP contribution in [0.5, 0.6) is 11.5 Å². The van der Waals surface area contributed by atoms with Gasteiger partial charge in [0, 0.05) is 19.0 Å². The summed E-state index contributed by atoms with van der Waals surface area (Å²) in [5.74, 6) is 2.53. The van der Waals surface area contributed by atoms with E-state index >= 15 is 0 Å². The monoisotopic (exact) mass is 443 g/mol. The summed E-state index contributed by atoms with van der Waals surface area (Å²) in [5.41, 5.74) is 0.883. The van der Waals surface area contributed by atoms with Crippen molar-refractivity contribution in [3.63, 3.8) is 0 Å². The van der Waals surface area contributed by atoms with Crippen LogP contribution in [0.4, 0.5) is 5.69 Å². The van der Waals surface area contributed by atoms with Crippen molar-refractivity contribution in [1.82, 2.24) is 10.2 Å². The summed E-state index contributed by atoms with van der Waals surface area (Å²) >= 11 is 0. The Kier molecular flexibility index (Phi) is 8.69. The number of piperidine rings is 1. The molecule has 2 atom stereocenters. The Hall–Kier alpha value is -1.79. The number of anilines is 1. The second kappa shape index (κ2) is 11.9. The number of amides is 1. The molecule has 3 aliphatic heterocycles. The van der Waals surface area contributed by atoms with Gasteiger partial charge >= 0.3 is 0 Å². The molecule has 32 heavy (non-hydrogen) atoms. The highest BCUT2D eigenvalue weighted by Gasteiger charge is 2.35. The van der Waals surface area contributed by atoms with E-state index in [0.717, 1.165) is 75.3 Å². The molecule has 2 unspecified atom stereocenters. The molecule has 3 aliphatic rings. The van der Waals surface area contributed by atoms with Crippen LogP contribution in [0.2, 0.25) is 0 Å². The Morgan fingerprint density at radius 3 is 2.81 bits per heavy atom. The third-order valence-electron chi connectivity index (χ3n) is 7.33. The first-order chi connectivity index (χ1) is 15.7. The van der Waals surface area contributed by atoms with Gasteiger partial charge in [0.05, 0.1) is 25.4 Å². The van der Waals surface area contributed by atoms with Crippen LogP contribution in [0, 0.1) is 5.92 Å². The second-order valence-corrected chi connectivity index (χ2v) is 9.71. The maximum absolute atomic E-state index is 12.8. The molecule has 0 aromatic heterocycles. The van der Waals surface area contributed by atoms with Crippen LogP contribution in [0.25, 0.3) is 0 Å². The Labute approximate surface area is 193 Å². The molecule has 1 N–H and O–H groups in total. The van der Waals surface area contributed by atoms with Crippen LogP contribution in [0.3, 0.4) is 0 Å². The summed E-state index contributed by atoms with van der Waals surface area (Å²) in [7, 11) is 1.68. The fraction of sp³-hybridized carbons (Fsp3) is 0.731. The fourth-order valence-corrected chi connectivity index (χ4v) is 5.53. The standard InChI is InChI=1S/C26H41N3O3/c1-31-25-18-23(32-17-7-9-21-8-3-4-14-27-19-21)11-12-24(25)29-22(10-13-26(29)30)20-28-15-5-2-6-16-28/h11-12,18,21-22,27H,2-10,13-17,19-20H2,1H3. The smallest absolute Gasteiger partial charge is 0.227 e. The van der Waals surface area contributed by atoms with Gasteiger partial charge in [-0.05, 0) is 89.2 Å². The highest BCUT2D eigenvalue weighted by Crippen LogP contribution is 2.37. The SMILES string of the molecule is COc1cc(OCCCC2CCCCNC2)ccc1N1C(=O)CCC1CN1CCCCC1. The average molecular weight is 444 g/mol. The lowest BCUT2D eigenvalue weighted by atomic mass is 9.98. The summed E-state index contributed by atoms with van der Waals surface area (Å²) in [4.78, 5) is 17.3. The van der Waals surface area contributed by atoms with E-state index < -0.39 is 0 Å². The van der Waals surface area contributed by atoms with Crippen molar-refractivity contribution in [2.45, 2.75) is 70.3 Å². The molecule has 178 valence electrons. The number of carbonyl (C=O) groups is 1. The molecular formula is C26H41N3O3. The lowest BCUT2D eigenvalue weighted by molar-refractivity contribution is -0.117. The Bertz CT molecular complexity index is 727. The van der Waals surface area contributed by atoms with Crippen molar-refractivity contribution in [3.05, 3.63) is 18.2 Å². The van der Waals surface area contributed by atoms with E-state index in [1.807, 2.05) is 23.1 Å². The number of hydrogen-bond acceptors (Lipinski definition) is 5. The molecule has 3 heterocycles. The van der Waals surface area contributed by atoms with Gasteiger partial charge in [-0.2, -0.15) is 0 Å². The number of nitrogens with zero attached hydrogens (tertiary/aromatic N) is 2. The fourth-order valence-electron chi connectivity index (χ4n) is 5.53. The molecule has 6 heteroatoms. The highest BCUT2D eigenvalue weighted by atomic mass is 16.5. The van der Waals surface area contributed by atoms with Crippen LogP contribution >= 0.6 is 0 Å². The van der Waals surface area contributed by atoms with E-state index in [0.29, 0.717) is 6.42 Å². The van der Waals surface area contributed by atoms with Gasteiger partial charge in [-0.3, -0.25) is 4.79 Å². The predicted octanol–water partition coefficient (Wildman–Crippen LogP) is 4.23. The number of likely N-dealkylation sites (tertiary alicyclic amines) is 1. The number of hydrogen-bond donors (Lipinski definition) is 1. The van der Waals surface area contributed by atoms with Gasteiger partial charge < -0.3 is 24.6 Å². The Morgan fingerprint density at radius 2 is 1.97 bits per heavy atom. The largest absolute Gasteiger partial charge is 0.494 e. The van der Waals surface area contributed by atoms with Crippen molar-refractivity contribution < 1.29 is 14.3 Å². The molecule has 1 aromatic rings. The van der Waals surface area contributed by atoms with Gasteiger partial charge in [-0.25, -0.2) is 0 Å². The summed E-state index contributed by atoms with van der Waals surface area (Å²) in [6, 6.07) is 6.19. The summed E-state index contributed by atoms with van der Waals surface area (Å²) in [6.07, 6.45) is 11.7. The molecule has 0 aliphatic carbocycles. The Morgan fingerprint density at radius 1 is 1.09 bits per heavy atom. The first kappa shape index (κ1) is 23.4. The number of methoxy groups -OCH3 is 1. The van der Waals surface area contributed by atoms with E-state index in [2.05, 4.69) is 10.2 Å². The van der Waals surface area contributed by atoms with Gasteiger partial charge in [-0.15, -0.1) is 0 Å². The predicted molar refractivity (Wildman–Crippen MR) is 129 cm³/mol. The van der Waals surface area contributed by atoms with Gasteiger partial charge in [-0.1, -0.05) is 12.8 Å². The van der Waals surface area contributed by atoms with Gasteiger partial charge in [0.25, 0.3) is 0 Å². The van der Waals surface area contributed by atoms with Gasteiger partial charge in [0.2, 0.25) is 5.91 Å². The minimum absolute atomic E-state index is 0.205. The highest BCUT2D eigenvalue weighted by molar-refractivity contribution is 5.97. The first-order valence-corrected chi connectivity index (χ1v) is 12.8.